The number of hydrogen-bond acceptors (Lipinski definition) is 0. The third-order valence-electron chi connectivity index (χ3n) is 6.45. The second-order valence-electron chi connectivity index (χ2n) is 9.21. The summed E-state index contributed by atoms with van der Waals surface area (Å²) in [5, 5.41) is 4.80. The number of hydrogen-bond donors (Lipinski definition) is 0. The van der Waals surface area contributed by atoms with E-state index in [1.165, 1.54) is 32.7 Å². The molecule has 0 aliphatic rings. The van der Waals surface area contributed by atoms with Crippen molar-refractivity contribution in [2.24, 2.45) is 0 Å². The third kappa shape index (κ3) is 5.57. The van der Waals surface area contributed by atoms with Crippen molar-refractivity contribution in [1.29, 1.82) is 0 Å². The van der Waals surface area contributed by atoms with Gasteiger partial charge >= 0.3 is 0 Å². The second kappa shape index (κ2) is 10.8. The number of rotatable bonds is 2. The summed E-state index contributed by atoms with van der Waals surface area (Å²) in [7, 11) is 0. The topological polar surface area (TPSA) is 0 Å². The molecule has 0 bridgehead atoms. The van der Waals surface area contributed by atoms with Crippen LogP contribution in [0.2, 0.25) is 0 Å². The van der Waals surface area contributed by atoms with Crippen LogP contribution in [0, 0.1) is 23.7 Å². The molecule has 6 rings (SSSR count). The largest absolute Gasteiger partial charge is 0.0622 e. The van der Waals surface area contributed by atoms with Crippen molar-refractivity contribution in [2.75, 3.05) is 0 Å². The van der Waals surface area contributed by atoms with Gasteiger partial charge in [-0.15, -0.1) is 0 Å². The first-order valence-electron chi connectivity index (χ1n) is 12.7. The summed E-state index contributed by atoms with van der Waals surface area (Å²) in [5.74, 6) is 13.0. The van der Waals surface area contributed by atoms with Gasteiger partial charge in [-0.05, 0) is 93.3 Å². The van der Waals surface area contributed by atoms with E-state index in [2.05, 4.69) is 109 Å². The van der Waals surface area contributed by atoms with Gasteiger partial charge in [0.05, 0.1) is 0 Å². The van der Waals surface area contributed by atoms with Gasteiger partial charge in [0.15, 0.2) is 0 Å². The smallest absolute Gasteiger partial charge is 0.0255 e. The average molecular weight is 481 g/mol. The number of fused-ring (bicyclic) bond motifs is 2. The van der Waals surface area contributed by atoms with Crippen LogP contribution in [-0.4, -0.2) is 0 Å². The molecule has 0 saturated carbocycles. The highest BCUT2D eigenvalue weighted by Gasteiger charge is 1.99. The third-order valence-corrected chi connectivity index (χ3v) is 6.45. The van der Waals surface area contributed by atoms with Gasteiger partial charge in [0, 0.05) is 22.3 Å². The van der Waals surface area contributed by atoms with Crippen LogP contribution in [0.1, 0.15) is 33.4 Å². The second-order valence-corrected chi connectivity index (χ2v) is 9.21. The van der Waals surface area contributed by atoms with E-state index in [1.54, 1.807) is 0 Å². The highest BCUT2D eigenvalue weighted by atomic mass is 14.0. The Morgan fingerprint density at radius 2 is 0.684 bits per heavy atom. The van der Waals surface area contributed by atoms with Crippen LogP contribution < -0.4 is 0 Å². The normalized spacial score (nSPS) is 10.6. The molecule has 6 aromatic carbocycles. The van der Waals surface area contributed by atoms with Crippen LogP contribution in [-0.2, 0) is 0 Å². The van der Waals surface area contributed by atoms with E-state index >= 15 is 0 Å². The highest BCUT2D eigenvalue weighted by Crippen LogP contribution is 2.22. The Balaban J connectivity index is 1.19. The van der Waals surface area contributed by atoms with E-state index in [0.717, 1.165) is 22.3 Å². The quantitative estimate of drug-likeness (QED) is 0.171. The fourth-order valence-electron chi connectivity index (χ4n) is 4.42. The van der Waals surface area contributed by atoms with Crippen molar-refractivity contribution in [1.82, 2.24) is 0 Å². The Kier molecular flexibility index (Phi) is 6.55. The molecule has 0 N–H and O–H groups in total. The minimum atomic E-state index is 1.02. The first kappa shape index (κ1) is 23.1. The molecule has 0 saturated heterocycles. The summed E-state index contributed by atoms with van der Waals surface area (Å²) >= 11 is 0. The molecule has 6 aromatic rings. The Labute approximate surface area is 223 Å². The highest BCUT2D eigenvalue weighted by molar-refractivity contribution is 5.89. The van der Waals surface area contributed by atoms with Crippen LogP contribution in [0.3, 0.4) is 0 Å². The monoisotopic (exact) mass is 480 g/mol. The predicted molar refractivity (Wildman–Crippen MR) is 162 cm³/mol. The summed E-state index contributed by atoms with van der Waals surface area (Å²) in [4.78, 5) is 0. The molecule has 0 aliphatic carbocycles. The molecule has 0 aromatic heterocycles. The van der Waals surface area contributed by atoms with Gasteiger partial charge in [-0.3, -0.25) is 0 Å². The van der Waals surface area contributed by atoms with E-state index < -0.39 is 0 Å². The molecular weight excluding hydrogens is 456 g/mol. The maximum absolute atomic E-state index is 3.28. The van der Waals surface area contributed by atoms with E-state index in [9.17, 15) is 0 Å². The van der Waals surface area contributed by atoms with Crippen LogP contribution in [0.25, 0.3) is 33.7 Å². The first-order valence-corrected chi connectivity index (χ1v) is 12.7. The lowest BCUT2D eigenvalue weighted by Gasteiger charge is -2.03. The molecular formula is C38H24. The van der Waals surface area contributed by atoms with Crippen molar-refractivity contribution in [3.05, 3.63) is 167 Å². The molecule has 0 unspecified atom stereocenters. The maximum Gasteiger partial charge on any atom is 0.0255 e. The molecule has 0 nitrogen and oxygen atoms in total. The van der Waals surface area contributed by atoms with Gasteiger partial charge < -0.3 is 0 Å². The van der Waals surface area contributed by atoms with E-state index in [0.29, 0.717) is 0 Å². The van der Waals surface area contributed by atoms with Crippen molar-refractivity contribution in [3.63, 3.8) is 0 Å². The van der Waals surface area contributed by atoms with Gasteiger partial charge in [0.25, 0.3) is 0 Å². The Morgan fingerprint density at radius 1 is 0.316 bits per heavy atom. The molecule has 0 aliphatic heterocycles. The van der Waals surface area contributed by atoms with Gasteiger partial charge in [-0.25, -0.2) is 0 Å². The molecule has 0 heterocycles. The zero-order valence-electron chi connectivity index (χ0n) is 20.9. The van der Waals surface area contributed by atoms with Crippen LogP contribution in [0.5, 0.6) is 0 Å². The van der Waals surface area contributed by atoms with Gasteiger partial charge in [-0.1, -0.05) is 109 Å². The Morgan fingerprint density at radius 3 is 1.13 bits per heavy atom. The Bertz CT molecular complexity index is 1760. The van der Waals surface area contributed by atoms with E-state index in [1.807, 2.05) is 60.7 Å². The lowest BCUT2D eigenvalue weighted by atomic mass is 10.0. The van der Waals surface area contributed by atoms with Gasteiger partial charge in [-0.2, -0.15) is 0 Å². The van der Waals surface area contributed by atoms with Crippen molar-refractivity contribution in [2.45, 2.75) is 0 Å². The molecule has 0 spiro atoms. The molecule has 0 heteroatoms. The lowest BCUT2D eigenvalue weighted by Crippen LogP contribution is -1.81. The first-order chi connectivity index (χ1) is 18.8. The molecule has 0 radical (unpaired) electrons. The van der Waals surface area contributed by atoms with Crippen molar-refractivity contribution < 1.29 is 0 Å². The SMILES string of the molecule is C(#Cc1ccc2cc(C=Cc3ccc4cc(C#Cc5ccccc5)ccc4c3)ccc2c1)c1ccccc1. The summed E-state index contributed by atoms with van der Waals surface area (Å²) in [5.41, 5.74) is 6.45. The standard InChI is InChI=1S/C38H24/c1-3-7-29(8-4-1)11-13-31-17-21-37-27-33(19-23-35(37)25-31)15-16-34-20-24-36-26-32(18-22-38(36)28-34)14-12-30-9-5-2-6-10-30/h1-10,15-28H. The van der Waals surface area contributed by atoms with E-state index in [-0.39, 0.29) is 0 Å². The summed E-state index contributed by atoms with van der Waals surface area (Å²) < 4.78 is 0. The molecule has 0 fully saturated rings. The van der Waals surface area contributed by atoms with Crippen LogP contribution in [0.4, 0.5) is 0 Å². The Hall–Kier alpha value is -5.30. The van der Waals surface area contributed by atoms with Crippen LogP contribution in [0.15, 0.2) is 133 Å². The summed E-state index contributed by atoms with van der Waals surface area (Å²) in [6.45, 7) is 0. The molecule has 0 amide bonds. The van der Waals surface area contributed by atoms with Crippen LogP contribution >= 0.6 is 0 Å². The van der Waals surface area contributed by atoms with E-state index in [4.69, 9.17) is 0 Å². The molecule has 176 valence electrons. The fourth-order valence-corrected chi connectivity index (χ4v) is 4.42. The average Bonchev–Trinajstić information content (AvgIpc) is 2.98. The van der Waals surface area contributed by atoms with Gasteiger partial charge in [0.1, 0.15) is 0 Å². The lowest BCUT2D eigenvalue weighted by molar-refractivity contribution is 1.63. The fraction of sp³-hybridized carbons (Fsp3) is 0. The van der Waals surface area contributed by atoms with Gasteiger partial charge in [0.2, 0.25) is 0 Å². The van der Waals surface area contributed by atoms with Crippen molar-refractivity contribution >= 4 is 33.7 Å². The maximum atomic E-state index is 3.28. The zero-order chi connectivity index (χ0) is 25.6. The zero-order valence-corrected chi connectivity index (χ0v) is 20.9. The minimum absolute atomic E-state index is 1.02. The minimum Gasteiger partial charge on any atom is -0.0622 e. The molecule has 38 heavy (non-hydrogen) atoms. The predicted octanol–water partition coefficient (Wildman–Crippen LogP) is 8.96. The van der Waals surface area contributed by atoms with Crippen molar-refractivity contribution in [3.8, 4) is 23.7 Å². The molecule has 0 atom stereocenters. The summed E-state index contributed by atoms with van der Waals surface area (Å²) in [6, 6.07) is 46.1. The summed E-state index contributed by atoms with van der Waals surface area (Å²) in [6.07, 6.45) is 4.34. The number of benzene rings is 6.